The van der Waals surface area contributed by atoms with Crippen LogP contribution in [0.2, 0.25) is 0 Å². The first-order valence-electron chi connectivity index (χ1n) is 20.7. The van der Waals surface area contributed by atoms with Gasteiger partial charge in [-0.15, -0.1) is 0 Å². The molecular formula is C40H83NO4P2. The summed E-state index contributed by atoms with van der Waals surface area (Å²) in [6.45, 7) is 13.1. The molecule has 0 heterocycles. The van der Waals surface area contributed by atoms with Crippen molar-refractivity contribution in [2.24, 2.45) is 5.92 Å². The van der Waals surface area contributed by atoms with E-state index in [1.54, 1.807) is 0 Å². The number of aliphatic carboxylic acids is 1. The zero-order valence-electron chi connectivity index (χ0n) is 32.6. The molecule has 0 unspecified atom stereocenters. The Kier molecular flexibility index (Phi) is 30.6. The maximum atomic E-state index is 14.9. The summed E-state index contributed by atoms with van der Waals surface area (Å²) in [5.41, 5.74) is 0. The van der Waals surface area contributed by atoms with Gasteiger partial charge in [0, 0.05) is 24.6 Å². The molecular weight excluding hydrogens is 620 g/mol. The second-order valence-corrected chi connectivity index (χ2v) is 22.0. The summed E-state index contributed by atoms with van der Waals surface area (Å²) in [6, 6.07) is -0.722. The van der Waals surface area contributed by atoms with Crippen LogP contribution in [0.5, 0.6) is 0 Å². The van der Waals surface area contributed by atoms with Crippen LogP contribution in [0.25, 0.3) is 0 Å². The van der Waals surface area contributed by atoms with Crippen molar-refractivity contribution in [2.45, 2.75) is 208 Å². The van der Waals surface area contributed by atoms with Gasteiger partial charge in [0.1, 0.15) is 20.3 Å². The molecule has 0 rings (SSSR count). The molecule has 1 atom stereocenters. The normalized spacial score (nSPS) is 13.2. The Morgan fingerprint density at radius 1 is 0.489 bits per heavy atom. The summed E-state index contributed by atoms with van der Waals surface area (Å²) in [7, 11) is -5.31. The standard InChI is InChI=1S/C40H83NO4P2/c1-7-11-15-19-23-27-31-46(44,32-28-24-20-16-12-8-2)36-41(39(40(42)43)35-38(5)6)37-47(45,33-29-25-21-17-13-9-3)34-30-26-22-18-14-10-4/h38-39H,7-37H2,1-6H3,(H,42,43)/t39-/m0/s1. The lowest BCUT2D eigenvalue weighted by atomic mass is 10.0. The lowest BCUT2D eigenvalue weighted by Crippen LogP contribution is -2.44. The lowest BCUT2D eigenvalue weighted by molar-refractivity contribution is -0.143. The van der Waals surface area contributed by atoms with E-state index in [0.29, 0.717) is 43.6 Å². The molecule has 0 aromatic rings. The molecule has 0 fully saturated rings. The van der Waals surface area contributed by atoms with Crippen LogP contribution in [0.1, 0.15) is 202 Å². The quantitative estimate of drug-likeness (QED) is 0.0519. The van der Waals surface area contributed by atoms with Crippen molar-refractivity contribution in [2.75, 3.05) is 37.2 Å². The minimum Gasteiger partial charge on any atom is -0.480 e. The number of hydrogen-bond acceptors (Lipinski definition) is 4. The number of carboxylic acids is 1. The molecule has 0 saturated carbocycles. The number of carboxylic acid groups (broad SMARTS) is 1. The van der Waals surface area contributed by atoms with E-state index in [9.17, 15) is 19.0 Å². The van der Waals surface area contributed by atoms with Gasteiger partial charge in [0.25, 0.3) is 0 Å². The van der Waals surface area contributed by atoms with E-state index in [0.717, 1.165) is 51.4 Å². The number of carbonyl (C=O) groups is 1. The Hall–Kier alpha value is -0.110. The highest BCUT2D eigenvalue weighted by atomic mass is 31.2. The van der Waals surface area contributed by atoms with Crippen molar-refractivity contribution in [3.63, 3.8) is 0 Å². The Morgan fingerprint density at radius 2 is 0.745 bits per heavy atom. The van der Waals surface area contributed by atoms with E-state index < -0.39 is 26.3 Å². The maximum Gasteiger partial charge on any atom is 0.320 e. The Labute approximate surface area is 294 Å². The first-order valence-corrected chi connectivity index (χ1v) is 25.2. The van der Waals surface area contributed by atoms with Gasteiger partial charge in [0.15, 0.2) is 0 Å². The predicted molar refractivity (Wildman–Crippen MR) is 211 cm³/mol. The summed E-state index contributed by atoms with van der Waals surface area (Å²) in [4.78, 5) is 14.9. The molecule has 0 radical (unpaired) electrons. The summed E-state index contributed by atoms with van der Waals surface area (Å²) < 4.78 is 29.8. The molecule has 0 aromatic carbocycles. The molecule has 0 aromatic heterocycles. The average molecular weight is 704 g/mol. The fourth-order valence-electron chi connectivity index (χ4n) is 6.98. The van der Waals surface area contributed by atoms with Gasteiger partial charge in [-0.1, -0.05) is 170 Å². The first kappa shape index (κ1) is 46.9. The number of rotatable bonds is 36. The van der Waals surface area contributed by atoms with Crippen LogP contribution in [0.4, 0.5) is 0 Å². The van der Waals surface area contributed by atoms with E-state index in [1.165, 1.54) is 103 Å². The largest absolute Gasteiger partial charge is 0.480 e. The van der Waals surface area contributed by atoms with Gasteiger partial charge in [-0.05, 0) is 38.0 Å². The molecule has 0 bridgehead atoms. The minimum absolute atomic E-state index is 0.201. The van der Waals surface area contributed by atoms with Crippen LogP contribution in [0.3, 0.4) is 0 Å². The van der Waals surface area contributed by atoms with Crippen molar-refractivity contribution in [3.8, 4) is 0 Å². The minimum atomic E-state index is -2.66. The van der Waals surface area contributed by atoms with Crippen LogP contribution in [-0.4, -0.2) is 59.2 Å². The van der Waals surface area contributed by atoms with E-state index in [-0.39, 0.29) is 5.92 Å². The first-order chi connectivity index (χ1) is 22.6. The summed E-state index contributed by atoms with van der Waals surface area (Å²) >= 11 is 0. The van der Waals surface area contributed by atoms with Crippen LogP contribution < -0.4 is 0 Å². The molecule has 0 aliphatic heterocycles. The molecule has 5 nitrogen and oxygen atoms in total. The van der Waals surface area contributed by atoms with Crippen molar-refractivity contribution in [1.82, 2.24) is 4.90 Å². The van der Waals surface area contributed by atoms with E-state index in [4.69, 9.17) is 0 Å². The van der Waals surface area contributed by atoms with Gasteiger partial charge in [0.2, 0.25) is 0 Å². The number of unbranched alkanes of at least 4 members (excludes halogenated alkanes) is 20. The van der Waals surface area contributed by atoms with Gasteiger partial charge in [-0.3, -0.25) is 9.69 Å². The van der Waals surface area contributed by atoms with Crippen molar-refractivity contribution in [3.05, 3.63) is 0 Å². The number of nitrogens with zero attached hydrogens (tertiary/aromatic N) is 1. The predicted octanol–water partition coefficient (Wildman–Crippen LogP) is 13.9. The topological polar surface area (TPSA) is 74.7 Å². The highest BCUT2D eigenvalue weighted by Gasteiger charge is 2.37. The maximum absolute atomic E-state index is 14.9. The second-order valence-electron chi connectivity index (χ2n) is 15.4. The zero-order chi connectivity index (χ0) is 35.2. The van der Waals surface area contributed by atoms with Crippen LogP contribution in [0, 0.1) is 5.92 Å². The van der Waals surface area contributed by atoms with Crippen molar-refractivity contribution >= 4 is 20.3 Å². The molecule has 0 aliphatic carbocycles. The third kappa shape index (κ3) is 26.4. The zero-order valence-corrected chi connectivity index (χ0v) is 34.4. The Bertz CT molecular complexity index is 726. The van der Waals surface area contributed by atoms with Crippen molar-refractivity contribution in [1.29, 1.82) is 0 Å². The average Bonchev–Trinajstić information content (AvgIpc) is 3.02. The smallest absolute Gasteiger partial charge is 0.320 e. The van der Waals surface area contributed by atoms with Crippen LogP contribution in [-0.2, 0) is 13.9 Å². The molecule has 0 spiro atoms. The third-order valence-corrected chi connectivity index (χ3v) is 16.3. The van der Waals surface area contributed by atoms with Gasteiger partial charge < -0.3 is 14.2 Å². The van der Waals surface area contributed by atoms with Crippen LogP contribution in [0.15, 0.2) is 0 Å². The summed E-state index contributed by atoms with van der Waals surface area (Å²) in [6.07, 6.45) is 31.8. The van der Waals surface area contributed by atoms with Crippen molar-refractivity contribution < 1.29 is 19.0 Å². The highest BCUT2D eigenvalue weighted by Crippen LogP contribution is 2.53. The van der Waals surface area contributed by atoms with E-state index in [1.807, 2.05) is 4.90 Å². The summed E-state index contributed by atoms with van der Waals surface area (Å²) in [5.74, 6) is -0.637. The molecule has 47 heavy (non-hydrogen) atoms. The molecule has 1 N–H and O–H groups in total. The van der Waals surface area contributed by atoms with Gasteiger partial charge >= 0.3 is 5.97 Å². The van der Waals surface area contributed by atoms with E-state index in [2.05, 4.69) is 41.5 Å². The molecule has 0 aliphatic rings. The lowest BCUT2D eigenvalue weighted by Gasteiger charge is -2.36. The molecule has 7 heteroatoms. The number of hydrogen-bond donors (Lipinski definition) is 1. The second kappa shape index (κ2) is 30.7. The Morgan fingerprint density at radius 3 is 0.979 bits per heavy atom. The van der Waals surface area contributed by atoms with E-state index >= 15 is 0 Å². The monoisotopic (exact) mass is 704 g/mol. The highest BCUT2D eigenvalue weighted by molar-refractivity contribution is 7.64. The fourth-order valence-corrected chi connectivity index (χ4v) is 13.3. The molecule has 0 amide bonds. The molecule has 0 saturated heterocycles. The van der Waals surface area contributed by atoms with Gasteiger partial charge in [-0.25, -0.2) is 0 Å². The fraction of sp³-hybridized carbons (Fsp3) is 0.975. The summed E-state index contributed by atoms with van der Waals surface area (Å²) in [5, 5.41) is 10.6. The van der Waals surface area contributed by atoms with Gasteiger partial charge in [0.05, 0.1) is 12.6 Å². The Balaban J connectivity index is 6.09. The third-order valence-electron chi connectivity index (χ3n) is 9.98. The SMILES string of the molecule is CCCCCCCCP(=O)(CCCCCCCC)CN(CP(=O)(CCCCCCCC)CCCCCCCC)[C@@H](CC(C)C)C(=O)O. The van der Waals surface area contributed by atoms with Crippen LogP contribution >= 0.6 is 14.3 Å². The molecule has 282 valence electrons. The van der Waals surface area contributed by atoms with Gasteiger partial charge in [-0.2, -0.15) is 0 Å².